The number of nitrogens with one attached hydrogen (secondary N) is 2. The summed E-state index contributed by atoms with van der Waals surface area (Å²) >= 11 is 0. The van der Waals surface area contributed by atoms with Crippen molar-refractivity contribution in [3.8, 4) is 5.75 Å². The van der Waals surface area contributed by atoms with Crippen LogP contribution in [0.1, 0.15) is 30.9 Å². The van der Waals surface area contributed by atoms with Crippen LogP contribution in [0.2, 0.25) is 0 Å². The quantitative estimate of drug-likeness (QED) is 0.310. The minimum absolute atomic E-state index is 0.0399. The molecule has 0 heterocycles. The lowest BCUT2D eigenvalue weighted by Crippen LogP contribution is -2.39. The molecule has 2 rings (SSSR count). The Hall–Kier alpha value is -1.80. The number of rotatable bonds is 12. The van der Waals surface area contributed by atoms with Gasteiger partial charge in [0.15, 0.2) is 5.96 Å². The predicted molar refractivity (Wildman–Crippen MR) is 113 cm³/mol. The molecule has 7 nitrogen and oxygen atoms in total. The van der Waals surface area contributed by atoms with Crippen molar-refractivity contribution in [1.82, 2.24) is 10.6 Å². The summed E-state index contributed by atoms with van der Waals surface area (Å²) in [7, 11) is -2.98. The monoisotopic (exact) mass is 411 g/mol. The molecule has 1 aromatic rings. The molecule has 0 bridgehead atoms. The highest BCUT2D eigenvalue weighted by atomic mass is 32.2. The first-order valence-electron chi connectivity index (χ1n) is 9.87. The predicted octanol–water partition coefficient (Wildman–Crippen LogP) is 1.90. The first kappa shape index (κ1) is 22.5. The maximum absolute atomic E-state index is 11.1. The first-order chi connectivity index (χ1) is 13.4. The van der Waals surface area contributed by atoms with Crippen molar-refractivity contribution in [3.63, 3.8) is 0 Å². The Labute approximate surface area is 168 Å². The molecular weight excluding hydrogens is 378 g/mol. The summed E-state index contributed by atoms with van der Waals surface area (Å²) in [5, 5.41) is 6.41. The van der Waals surface area contributed by atoms with Crippen LogP contribution in [0, 0.1) is 12.8 Å². The van der Waals surface area contributed by atoms with E-state index < -0.39 is 9.84 Å². The SMILES string of the molecule is CCNC(=NCc1ccc(C)cc1OCC1CC1)NCCOCCS(C)(=O)=O. The van der Waals surface area contributed by atoms with E-state index in [0.29, 0.717) is 31.6 Å². The number of hydrogen-bond donors (Lipinski definition) is 2. The summed E-state index contributed by atoms with van der Waals surface area (Å²) in [5.74, 6) is 2.36. The van der Waals surface area contributed by atoms with E-state index in [0.717, 1.165) is 24.5 Å². The third-order valence-electron chi connectivity index (χ3n) is 4.28. The smallest absolute Gasteiger partial charge is 0.191 e. The maximum atomic E-state index is 11.1. The molecule has 0 aromatic heterocycles. The fraction of sp³-hybridized carbons (Fsp3) is 0.650. The van der Waals surface area contributed by atoms with E-state index in [1.165, 1.54) is 24.7 Å². The Morgan fingerprint density at radius 1 is 1.25 bits per heavy atom. The highest BCUT2D eigenvalue weighted by molar-refractivity contribution is 7.90. The van der Waals surface area contributed by atoms with Gasteiger partial charge in [-0.1, -0.05) is 12.1 Å². The molecule has 8 heteroatoms. The van der Waals surface area contributed by atoms with Gasteiger partial charge in [0.05, 0.1) is 32.1 Å². The van der Waals surface area contributed by atoms with Crippen LogP contribution in [0.4, 0.5) is 0 Å². The van der Waals surface area contributed by atoms with Crippen LogP contribution in [0.3, 0.4) is 0 Å². The Bertz CT molecular complexity index is 746. The molecule has 158 valence electrons. The number of sulfone groups is 1. The molecule has 1 aromatic carbocycles. The van der Waals surface area contributed by atoms with Crippen molar-refractivity contribution >= 4 is 15.8 Å². The minimum Gasteiger partial charge on any atom is -0.493 e. The van der Waals surface area contributed by atoms with E-state index in [9.17, 15) is 8.42 Å². The van der Waals surface area contributed by atoms with Crippen molar-refractivity contribution in [2.45, 2.75) is 33.2 Å². The Morgan fingerprint density at radius 3 is 2.71 bits per heavy atom. The van der Waals surface area contributed by atoms with E-state index in [1.807, 2.05) is 6.92 Å². The summed E-state index contributed by atoms with van der Waals surface area (Å²) in [6.07, 6.45) is 3.73. The molecule has 0 atom stereocenters. The van der Waals surface area contributed by atoms with Crippen LogP contribution in [0.15, 0.2) is 23.2 Å². The van der Waals surface area contributed by atoms with Gasteiger partial charge < -0.3 is 20.1 Å². The molecule has 0 amide bonds. The maximum Gasteiger partial charge on any atom is 0.191 e. The average Bonchev–Trinajstić information content (AvgIpc) is 3.45. The van der Waals surface area contributed by atoms with Crippen LogP contribution in [-0.2, 0) is 21.1 Å². The number of hydrogen-bond acceptors (Lipinski definition) is 5. The molecule has 0 saturated heterocycles. The summed E-state index contributed by atoms with van der Waals surface area (Å²) in [5.41, 5.74) is 2.24. The van der Waals surface area contributed by atoms with Gasteiger partial charge in [-0.05, 0) is 44.2 Å². The van der Waals surface area contributed by atoms with E-state index >= 15 is 0 Å². The number of nitrogens with zero attached hydrogens (tertiary/aromatic N) is 1. The zero-order chi connectivity index (χ0) is 20.4. The van der Waals surface area contributed by atoms with Crippen LogP contribution in [0.5, 0.6) is 5.75 Å². The standard InChI is InChI=1S/C20H33N3O4S/c1-4-21-20(22-9-10-26-11-12-28(3,24)25)23-14-18-8-5-16(2)13-19(18)27-15-17-6-7-17/h5,8,13,17H,4,6-7,9-12,14-15H2,1-3H3,(H2,21,22,23). The molecule has 1 fully saturated rings. The van der Waals surface area contributed by atoms with Crippen LogP contribution < -0.4 is 15.4 Å². The fourth-order valence-corrected chi connectivity index (χ4v) is 2.90. The highest BCUT2D eigenvalue weighted by Gasteiger charge is 2.22. The molecule has 2 N–H and O–H groups in total. The summed E-state index contributed by atoms with van der Waals surface area (Å²) in [4.78, 5) is 4.64. The second-order valence-corrected chi connectivity index (χ2v) is 9.49. The van der Waals surface area contributed by atoms with Gasteiger partial charge in [0.1, 0.15) is 15.6 Å². The molecule has 0 radical (unpaired) electrons. The van der Waals surface area contributed by atoms with Crippen LogP contribution in [0.25, 0.3) is 0 Å². The lowest BCUT2D eigenvalue weighted by Gasteiger charge is -2.14. The molecule has 28 heavy (non-hydrogen) atoms. The largest absolute Gasteiger partial charge is 0.493 e. The molecule has 0 aliphatic heterocycles. The Morgan fingerprint density at radius 2 is 2.04 bits per heavy atom. The second-order valence-electron chi connectivity index (χ2n) is 7.23. The topological polar surface area (TPSA) is 89.0 Å². The normalized spacial score (nSPS) is 14.8. The van der Waals surface area contributed by atoms with E-state index in [-0.39, 0.29) is 12.4 Å². The van der Waals surface area contributed by atoms with E-state index in [4.69, 9.17) is 9.47 Å². The second kappa shape index (κ2) is 11.3. The van der Waals surface area contributed by atoms with Gasteiger partial charge in [-0.25, -0.2) is 13.4 Å². The first-order valence-corrected chi connectivity index (χ1v) is 11.9. The molecule has 1 aliphatic rings. The number of benzene rings is 1. The van der Waals surface area contributed by atoms with Crippen molar-refractivity contribution in [1.29, 1.82) is 0 Å². The molecule has 1 aliphatic carbocycles. The van der Waals surface area contributed by atoms with E-state index in [1.54, 1.807) is 0 Å². The van der Waals surface area contributed by atoms with Crippen molar-refractivity contribution in [3.05, 3.63) is 29.3 Å². The van der Waals surface area contributed by atoms with Crippen molar-refractivity contribution < 1.29 is 17.9 Å². The highest BCUT2D eigenvalue weighted by Crippen LogP contribution is 2.30. The molecule has 0 unspecified atom stereocenters. The molecular formula is C20H33N3O4S. The van der Waals surface area contributed by atoms with E-state index in [2.05, 4.69) is 40.7 Å². The van der Waals surface area contributed by atoms with Gasteiger partial charge in [0.25, 0.3) is 0 Å². The summed E-state index contributed by atoms with van der Waals surface area (Å²) < 4.78 is 33.5. The third kappa shape index (κ3) is 9.41. The lowest BCUT2D eigenvalue weighted by atomic mass is 10.1. The van der Waals surface area contributed by atoms with Gasteiger partial charge in [0.2, 0.25) is 0 Å². The lowest BCUT2D eigenvalue weighted by molar-refractivity contribution is 0.154. The average molecular weight is 412 g/mol. The zero-order valence-electron chi connectivity index (χ0n) is 17.2. The number of aryl methyl sites for hydroxylation is 1. The minimum atomic E-state index is -2.98. The number of ether oxygens (including phenoxy) is 2. The summed E-state index contributed by atoms with van der Waals surface area (Å²) in [6.45, 7) is 7.30. The summed E-state index contributed by atoms with van der Waals surface area (Å²) in [6, 6.07) is 6.22. The number of guanidine groups is 1. The molecule has 0 spiro atoms. The van der Waals surface area contributed by atoms with Gasteiger partial charge in [0, 0.05) is 24.9 Å². The zero-order valence-corrected chi connectivity index (χ0v) is 18.0. The van der Waals surface area contributed by atoms with Gasteiger partial charge in [-0.15, -0.1) is 0 Å². The third-order valence-corrected chi connectivity index (χ3v) is 5.19. The Balaban J connectivity index is 1.83. The Kier molecular flexibility index (Phi) is 9.05. The van der Waals surface area contributed by atoms with Crippen LogP contribution in [-0.4, -0.2) is 59.3 Å². The fourth-order valence-electron chi connectivity index (χ4n) is 2.48. The van der Waals surface area contributed by atoms with Crippen molar-refractivity contribution in [2.75, 3.05) is 44.9 Å². The van der Waals surface area contributed by atoms with Crippen LogP contribution >= 0.6 is 0 Å². The molecule has 1 saturated carbocycles. The van der Waals surface area contributed by atoms with Gasteiger partial charge >= 0.3 is 0 Å². The van der Waals surface area contributed by atoms with Crippen molar-refractivity contribution in [2.24, 2.45) is 10.9 Å². The van der Waals surface area contributed by atoms with Gasteiger partial charge in [-0.2, -0.15) is 0 Å². The van der Waals surface area contributed by atoms with Gasteiger partial charge in [-0.3, -0.25) is 0 Å². The number of aliphatic imine (C=N–C) groups is 1.